The third-order valence-corrected chi connectivity index (χ3v) is 6.06. The van der Waals surface area contributed by atoms with Crippen molar-refractivity contribution in [2.24, 2.45) is 11.5 Å². The van der Waals surface area contributed by atoms with E-state index in [4.69, 9.17) is 11.5 Å². The van der Waals surface area contributed by atoms with Crippen LogP contribution in [0.3, 0.4) is 0 Å². The Morgan fingerprint density at radius 2 is 1.40 bits per heavy atom. The minimum Gasteiger partial charge on any atom is -0.0654 e. The van der Waals surface area contributed by atoms with Crippen LogP contribution in [-0.4, -0.2) is 33.6 Å². The molecule has 0 saturated heterocycles. The molecule has 0 aliphatic rings. The van der Waals surface area contributed by atoms with Crippen molar-refractivity contribution in [1.29, 1.82) is 0 Å². The van der Waals surface area contributed by atoms with Gasteiger partial charge in [0.1, 0.15) is 0 Å². The van der Waals surface area contributed by atoms with Gasteiger partial charge in [-0.1, -0.05) is 6.92 Å². The molecule has 0 heterocycles. The fraction of sp³-hybridized carbons (Fsp3) is 0.882. The normalized spacial score (nSPS) is 13.4. The summed E-state index contributed by atoms with van der Waals surface area (Å²) in [5.74, 6) is 0. The predicted octanol–water partition coefficient (Wildman–Crippen LogP) is 4.44. The second-order valence-corrected chi connectivity index (χ2v) is 7.87. The van der Waals surface area contributed by atoms with E-state index < -0.39 is 5.66 Å². The first-order valence-corrected chi connectivity index (χ1v) is 9.88. The topological polar surface area (TPSA) is 52.0 Å². The van der Waals surface area contributed by atoms with Crippen LogP contribution in [0.5, 0.6) is 0 Å². The van der Waals surface area contributed by atoms with Crippen LogP contribution in [-0.2, 0) is 0 Å². The van der Waals surface area contributed by atoms with E-state index in [0.717, 1.165) is 34.4 Å². The Bertz CT molecular complexity index is 229. The van der Waals surface area contributed by atoms with Crippen LogP contribution in [0.1, 0.15) is 84.0 Å². The quantitative estimate of drug-likeness (QED) is 0.215. The smallest absolute Gasteiger partial charge is 0.0654 e. The van der Waals surface area contributed by atoms with Crippen LogP contribution in [0, 0.1) is 0 Å². The van der Waals surface area contributed by atoms with Crippen molar-refractivity contribution in [3.8, 4) is 0 Å². The molecule has 0 aromatic carbocycles. The van der Waals surface area contributed by atoms with Gasteiger partial charge in [0.15, 0.2) is 0 Å². The molecule has 2 nitrogen and oxygen atoms in total. The van der Waals surface area contributed by atoms with E-state index in [9.17, 15) is 0 Å². The van der Waals surface area contributed by atoms with E-state index in [1.165, 1.54) is 70.6 Å². The summed E-state index contributed by atoms with van der Waals surface area (Å²) in [5.41, 5.74) is 11.8. The van der Waals surface area contributed by atoms with Crippen LogP contribution < -0.4 is 11.5 Å². The average Bonchev–Trinajstić information content (AvgIpc) is 2.40. The van der Waals surface area contributed by atoms with E-state index in [0.29, 0.717) is 3.17 Å². The Labute approximate surface area is 144 Å². The molecule has 1 atom stereocenters. The molecule has 1 unspecified atom stereocenters. The molecule has 3 heteroatoms. The van der Waals surface area contributed by atoms with E-state index >= 15 is 0 Å². The Balaban J connectivity index is 3.37. The van der Waals surface area contributed by atoms with Gasteiger partial charge in [0.25, 0.3) is 0 Å². The molecular weight excluding hydrogens is 255 g/mol. The maximum atomic E-state index is 6.13. The van der Waals surface area contributed by atoms with Gasteiger partial charge < -0.3 is 0 Å². The molecule has 0 fully saturated rings. The van der Waals surface area contributed by atoms with Gasteiger partial charge in [0.05, 0.1) is 0 Å². The molecule has 0 aromatic heterocycles. The average molecular weight is 290 g/mol. The first kappa shape index (κ1) is 20.7. The third-order valence-electron chi connectivity index (χ3n) is 4.41. The van der Waals surface area contributed by atoms with E-state index in [1.807, 2.05) is 6.08 Å². The van der Waals surface area contributed by atoms with E-state index in [1.54, 1.807) is 0 Å². The van der Waals surface area contributed by atoms with Gasteiger partial charge in [0.2, 0.25) is 0 Å². The van der Waals surface area contributed by atoms with Gasteiger partial charge in [-0.15, -0.1) is 0 Å². The molecule has 0 rings (SSSR count). The Hall–Kier alpha value is 0.660. The fourth-order valence-corrected chi connectivity index (χ4v) is 3.30. The van der Waals surface area contributed by atoms with E-state index in [-0.39, 0.29) is 0 Å². The molecule has 114 valence electrons. The molecule has 0 saturated carbocycles. The van der Waals surface area contributed by atoms with Gasteiger partial charge in [-0.3, -0.25) is 0 Å². The summed E-state index contributed by atoms with van der Waals surface area (Å²) in [6, 6.07) is 0. The molecule has 0 radical (unpaired) electrons. The van der Waals surface area contributed by atoms with Crippen LogP contribution >= 0.6 is 0 Å². The zero-order valence-corrected chi connectivity index (χ0v) is 16.0. The molecule has 0 aliphatic carbocycles. The minimum absolute atomic E-state index is 0.507. The summed E-state index contributed by atoms with van der Waals surface area (Å²) < 4.78 is 0.509. The maximum absolute atomic E-state index is 6.13. The van der Waals surface area contributed by atoms with Crippen molar-refractivity contribution in [3.63, 3.8) is 0 Å². The van der Waals surface area contributed by atoms with Crippen molar-refractivity contribution in [2.75, 3.05) is 0 Å². The number of nitrogens with two attached hydrogens (primary N) is 2. The summed E-state index contributed by atoms with van der Waals surface area (Å²) in [6.07, 6.45) is 17.7. The SMILES string of the molecule is C=CCC(N)(N)[CH]([Na])CCCCCCCCCCCC. The summed E-state index contributed by atoms with van der Waals surface area (Å²) in [7, 11) is 0. The van der Waals surface area contributed by atoms with Crippen LogP contribution in [0.4, 0.5) is 0 Å². The van der Waals surface area contributed by atoms with Crippen LogP contribution in [0.2, 0.25) is 3.17 Å². The zero-order valence-electron chi connectivity index (χ0n) is 14.0. The van der Waals surface area contributed by atoms with Crippen molar-refractivity contribution in [1.82, 2.24) is 0 Å². The number of hydrogen-bond donors (Lipinski definition) is 2. The Kier molecular flexibility index (Phi) is 13.8. The van der Waals surface area contributed by atoms with Crippen molar-refractivity contribution < 1.29 is 0 Å². The first-order chi connectivity index (χ1) is 9.54. The summed E-state index contributed by atoms with van der Waals surface area (Å²) >= 11 is 1.08. The molecule has 4 N–H and O–H groups in total. The van der Waals surface area contributed by atoms with Gasteiger partial charge in [-0.25, -0.2) is 0 Å². The van der Waals surface area contributed by atoms with Gasteiger partial charge in [-0.05, 0) is 0 Å². The summed E-state index contributed by atoms with van der Waals surface area (Å²) in [6.45, 7) is 6.01. The standard InChI is InChI=1S/C17H35N2.Na/c1-3-5-6-7-8-9-10-11-12-13-14-16-17(18,19)15-4-2;/h4,16H,2-3,5-15,18-19H2,1H3;. The Morgan fingerprint density at radius 3 is 1.85 bits per heavy atom. The van der Waals surface area contributed by atoms with Crippen LogP contribution in [0.25, 0.3) is 0 Å². The van der Waals surface area contributed by atoms with Crippen molar-refractivity contribution in [2.45, 2.75) is 92.8 Å². The Morgan fingerprint density at radius 1 is 0.950 bits per heavy atom. The van der Waals surface area contributed by atoms with Crippen molar-refractivity contribution >= 4 is 27.9 Å². The molecule has 20 heavy (non-hydrogen) atoms. The number of hydrogen-bond acceptors (Lipinski definition) is 2. The first-order valence-electron chi connectivity index (χ1n) is 8.73. The zero-order chi connectivity index (χ0) is 15.3. The summed E-state index contributed by atoms with van der Waals surface area (Å²) in [4.78, 5) is 0. The number of unbranched alkanes of at least 4 members (excludes halogenated alkanes) is 9. The third kappa shape index (κ3) is 11.3. The van der Waals surface area contributed by atoms with Crippen molar-refractivity contribution in [3.05, 3.63) is 12.7 Å². The summed E-state index contributed by atoms with van der Waals surface area (Å²) in [5, 5.41) is 0. The molecule has 0 amide bonds. The van der Waals surface area contributed by atoms with Gasteiger partial charge in [0, 0.05) is 0 Å². The van der Waals surface area contributed by atoms with Gasteiger partial charge >= 0.3 is 138 Å². The second kappa shape index (κ2) is 13.3. The molecule has 0 aliphatic heterocycles. The fourth-order valence-electron chi connectivity index (χ4n) is 2.66. The number of rotatable bonds is 14. The predicted molar refractivity (Wildman–Crippen MR) is 91.9 cm³/mol. The minimum atomic E-state index is -0.507. The second-order valence-electron chi connectivity index (χ2n) is 6.48. The molecular formula is C17H35N2Na. The van der Waals surface area contributed by atoms with Crippen LogP contribution in [0.15, 0.2) is 12.7 Å². The van der Waals surface area contributed by atoms with Gasteiger partial charge in [-0.2, -0.15) is 0 Å². The monoisotopic (exact) mass is 290 g/mol. The van der Waals surface area contributed by atoms with E-state index in [2.05, 4.69) is 13.5 Å². The molecule has 0 bridgehead atoms. The molecule has 0 spiro atoms. The molecule has 0 aromatic rings.